The zero-order valence-electron chi connectivity index (χ0n) is 9.61. The molecule has 1 aromatic carbocycles. The van der Waals surface area contributed by atoms with Gasteiger partial charge >= 0.3 is 0 Å². The maximum absolute atomic E-state index is 11.8. The molecule has 0 aliphatic rings. The van der Waals surface area contributed by atoms with Crippen LogP contribution in [-0.4, -0.2) is 15.9 Å². The van der Waals surface area contributed by atoms with Crippen molar-refractivity contribution in [2.75, 3.05) is 0 Å². The molecule has 0 unspecified atom stereocenters. The molecule has 0 radical (unpaired) electrons. The molecule has 4 nitrogen and oxygen atoms in total. The number of aromatic nitrogens is 2. The van der Waals surface area contributed by atoms with Gasteiger partial charge in [-0.25, -0.2) is 0 Å². The molecule has 0 bridgehead atoms. The zero-order chi connectivity index (χ0) is 13.1. The van der Waals surface area contributed by atoms with Crippen LogP contribution in [0.3, 0.4) is 0 Å². The van der Waals surface area contributed by atoms with E-state index in [4.69, 9.17) is 27.7 Å². The number of aryl methyl sites for hydroxylation is 1. The van der Waals surface area contributed by atoms with Gasteiger partial charge in [0.15, 0.2) is 5.82 Å². The van der Waals surface area contributed by atoms with Crippen molar-refractivity contribution in [2.24, 2.45) is 0 Å². The molecule has 2 rings (SSSR count). The third kappa shape index (κ3) is 3.31. The average molecular weight is 285 g/mol. The van der Waals surface area contributed by atoms with Gasteiger partial charge in [0.2, 0.25) is 5.89 Å². The maximum atomic E-state index is 11.8. The standard InChI is InChI=1S/C12H10Cl2N2O2/c1-7-15-12(18-16-7)6-9(17)4-8-2-3-10(13)11(14)5-8/h2-3,5H,4,6H2,1H3. The smallest absolute Gasteiger partial charge is 0.234 e. The molecule has 0 saturated carbocycles. The van der Waals surface area contributed by atoms with Gasteiger partial charge in [-0.15, -0.1) is 0 Å². The number of hydrogen-bond donors (Lipinski definition) is 0. The van der Waals surface area contributed by atoms with Gasteiger partial charge in [0.05, 0.1) is 16.5 Å². The second-order valence-electron chi connectivity index (χ2n) is 3.88. The molecule has 1 heterocycles. The van der Waals surface area contributed by atoms with Crippen molar-refractivity contribution in [3.63, 3.8) is 0 Å². The van der Waals surface area contributed by atoms with Gasteiger partial charge < -0.3 is 4.52 Å². The van der Waals surface area contributed by atoms with Crippen LogP contribution in [0, 0.1) is 6.92 Å². The van der Waals surface area contributed by atoms with E-state index in [2.05, 4.69) is 10.1 Å². The van der Waals surface area contributed by atoms with Crippen LogP contribution in [0.1, 0.15) is 17.3 Å². The molecule has 0 saturated heterocycles. The summed E-state index contributed by atoms with van der Waals surface area (Å²) in [6.07, 6.45) is 0.388. The Bertz CT molecular complexity index is 581. The van der Waals surface area contributed by atoms with Crippen molar-refractivity contribution in [2.45, 2.75) is 19.8 Å². The van der Waals surface area contributed by atoms with E-state index in [9.17, 15) is 4.79 Å². The number of halogens is 2. The van der Waals surface area contributed by atoms with Gasteiger partial charge in [0.25, 0.3) is 0 Å². The lowest BCUT2D eigenvalue weighted by Crippen LogP contribution is -2.06. The number of rotatable bonds is 4. The topological polar surface area (TPSA) is 56.0 Å². The van der Waals surface area contributed by atoms with Crippen LogP contribution in [0.25, 0.3) is 0 Å². The van der Waals surface area contributed by atoms with Crippen LogP contribution in [0.5, 0.6) is 0 Å². The molecule has 94 valence electrons. The van der Waals surface area contributed by atoms with Gasteiger partial charge in [-0.3, -0.25) is 4.79 Å². The van der Waals surface area contributed by atoms with Crippen molar-refractivity contribution in [1.29, 1.82) is 0 Å². The second kappa shape index (κ2) is 5.50. The van der Waals surface area contributed by atoms with E-state index in [0.29, 0.717) is 21.8 Å². The van der Waals surface area contributed by atoms with Crippen LogP contribution in [0.2, 0.25) is 10.0 Å². The summed E-state index contributed by atoms with van der Waals surface area (Å²) in [7, 11) is 0. The largest absolute Gasteiger partial charge is 0.339 e. The molecule has 2 aromatic rings. The van der Waals surface area contributed by atoms with Gasteiger partial charge in [-0.1, -0.05) is 34.4 Å². The van der Waals surface area contributed by atoms with Crippen molar-refractivity contribution in [3.8, 4) is 0 Å². The lowest BCUT2D eigenvalue weighted by molar-refractivity contribution is -0.118. The Hall–Kier alpha value is -1.39. The summed E-state index contributed by atoms with van der Waals surface area (Å²) in [4.78, 5) is 15.8. The van der Waals surface area contributed by atoms with E-state index < -0.39 is 0 Å². The Morgan fingerprint density at radius 2 is 2.06 bits per heavy atom. The molecule has 0 N–H and O–H groups in total. The van der Waals surface area contributed by atoms with Crippen molar-refractivity contribution in [1.82, 2.24) is 10.1 Å². The number of nitrogens with zero attached hydrogens (tertiary/aromatic N) is 2. The lowest BCUT2D eigenvalue weighted by Gasteiger charge is -2.01. The van der Waals surface area contributed by atoms with E-state index in [1.54, 1.807) is 25.1 Å². The monoisotopic (exact) mass is 284 g/mol. The number of ketones is 1. The average Bonchev–Trinajstić information content (AvgIpc) is 2.69. The van der Waals surface area contributed by atoms with Gasteiger partial charge in [0, 0.05) is 6.42 Å². The van der Waals surface area contributed by atoms with E-state index in [0.717, 1.165) is 5.56 Å². The second-order valence-corrected chi connectivity index (χ2v) is 4.69. The van der Waals surface area contributed by atoms with E-state index in [1.165, 1.54) is 0 Å². The van der Waals surface area contributed by atoms with E-state index >= 15 is 0 Å². The Kier molecular flexibility index (Phi) is 3.99. The number of Topliss-reactive ketones (excluding diaryl/α,β-unsaturated/α-hetero) is 1. The summed E-state index contributed by atoms with van der Waals surface area (Å²) in [5, 5.41) is 4.54. The Labute approximate surface area is 114 Å². The molecule has 0 atom stereocenters. The first kappa shape index (κ1) is 13.1. The zero-order valence-corrected chi connectivity index (χ0v) is 11.1. The van der Waals surface area contributed by atoms with Crippen LogP contribution < -0.4 is 0 Å². The fourth-order valence-corrected chi connectivity index (χ4v) is 1.84. The summed E-state index contributed by atoms with van der Waals surface area (Å²) in [6.45, 7) is 1.70. The molecule has 18 heavy (non-hydrogen) atoms. The van der Waals surface area contributed by atoms with Crippen LogP contribution in [0.15, 0.2) is 22.7 Å². The maximum Gasteiger partial charge on any atom is 0.234 e. The highest BCUT2D eigenvalue weighted by atomic mass is 35.5. The quantitative estimate of drug-likeness (QED) is 0.866. The number of carbonyl (C=O) groups excluding carboxylic acids is 1. The first-order chi connectivity index (χ1) is 8.54. The van der Waals surface area contributed by atoms with Gasteiger partial charge in [-0.05, 0) is 24.6 Å². The van der Waals surface area contributed by atoms with Crippen molar-refractivity contribution >= 4 is 29.0 Å². The molecule has 6 heteroatoms. The summed E-state index contributed by atoms with van der Waals surface area (Å²) in [5.41, 5.74) is 0.811. The number of benzene rings is 1. The summed E-state index contributed by atoms with van der Waals surface area (Å²) in [5.74, 6) is 0.835. The fourth-order valence-electron chi connectivity index (χ4n) is 1.52. The minimum atomic E-state index is -0.0166. The lowest BCUT2D eigenvalue weighted by atomic mass is 10.1. The number of carbonyl (C=O) groups is 1. The Morgan fingerprint density at radius 1 is 1.28 bits per heavy atom. The molecule has 1 aromatic heterocycles. The minimum Gasteiger partial charge on any atom is -0.339 e. The highest BCUT2D eigenvalue weighted by Crippen LogP contribution is 2.22. The first-order valence-electron chi connectivity index (χ1n) is 5.29. The molecule has 0 spiro atoms. The van der Waals surface area contributed by atoms with Crippen LogP contribution in [-0.2, 0) is 17.6 Å². The van der Waals surface area contributed by atoms with Gasteiger partial charge in [0.1, 0.15) is 5.78 Å². The normalized spacial score (nSPS) is 10.6. The predicted molar refractivity (Wildman–Crippen MR) is 67.9 cm³/mol. The molecule has 0 aliphatic heterocycles. The van der Waals surface area contributed by atoms with Crippen LogP contribution in [0.4, 0.5) is 0 Å². The van der Waals surface area contributed by atoms with E-state index in [1.807, 2.05) is 0 Å². The SMILES string of the molecule is Cc1noc(CC(=O)Cc2ccc(Cl)c(Cl)c2)n1. The Balaban J connectivity index is 2.00. The Morgan fingerprint density at radius 3 is 2.67 bits per heavy atom. The highest BCUT2D eigenvalue weighted by molar-refractivity contribution is 6.42. The molecule has 0 fully saturated rings. The van der Waals surface area contributed by atoms with E-state index in [-0.39, 0.29) is 18.6 Å². The molecule has 0 aliphatic carbocycles. The third-order valence-electron chi connectivity index (χ3n) is 2.30. The minimum absolute atomic E-state index is 0.0166. The molecule has 0 amide bonds. The predicted octanol–water partition coefficient (Wildman–Crippen LogP) is 3.04. The van der Waals surface area contributed by atoms with Crippen molar-refractivity contribution in [3.05, 3.63) is 45.5 Å². The van der Waals surface area contributed by atoms with Crippen LogP contribution >= 0.6 is 23.2 Å². The fraction of sp³-hybridized carbons (Fsp3) is 0.250. The number of hydrogen-bond acceptors (Lipinski definition) is 4. The summed E-state index contributed by atoms with van der Waals surface area (Å²) < 4.78 is 4.89. The summed E-state index contributed by atoms with van der Waals surface area (Å²) in [6, 6.07) is 5.12. The highest BCUT2D eigenvalue weighted by Gasteiger charge is 2.11. The van der Waals surface area contributed by atoms with Gasteiger partial charge in [-0.2, -0.15) is 4.98 Å². The van der Waals surface area contributed by atoms with Crippen molar-refractivity contribution < 1.29 is 9.32 Å². The first-order valence-corrected chi connectivity index (χ1v) is 6.05. The third-order valence-corrected chi connectivity index (χ3v) is 3.04. The summed E-state index contributed by atoms with van der Waals surface area (Å²) >= 11 is 11.7. The molecular weight excluding hydrogens is 275 g/mol. The molecular formula is C12H10Cl2N2O2.